The van der Waals surface area contributed by atoms with Crippen LogP contribution in [-0.4, -0.2) is 17.9 Å². The van der Waals surface area contributed by atoms with Crippen LogP contribution in [0.15, 0.2) is 36.4 Å². The molecule has 5 aliphatic carbocycles. The fraction of sp³-hybridized carbons (Fsp3) is 0.730. The van der Waals surface area contributed by atoms with Crippen molar-refractivity contribution in [3.05, 3.63) is 47.0 Å². The first-order valence-electron chi connectivity index (χ1n) is 16.4. The maximum atomic E-state index is 15.5. The second-order valence-electron chi connectivity index (χ2n) is 16.3. The highest BCUT2D eigenvalue weighted by atomic mass is 35.5. The van der Waals surface area contributed by atoms with Crippen LogP contribution in [0, 0.1) is 56.7 Å². The van der Waals surface area contributed by atoms with Crippen molar-refractivity contribution in [1.29, 1.82) is 0 Å². The summed E-state index contributed by atoms with van der Waals surface area (Å²) in [5.41, 5.74) is 0.892. The molecule has 3 nitrogen and oxygen atoms in total. The zero-order valence-electron chi connectivity index (χ0n) is 26.5. The third-order valence-corrected chi connectivity index (χ3v) is 14.7. The van der Waals surface area contributed by atoms with Gasteiger partial charge in [0.2, 0.25) is 0 Å². The van der Waals surface area contributed by atoms with Crippen LogP contribution in [0.5, 0.6) is 0 Å². The Bertz CT molecular complexity index is 1290. The zero-order chi connectivity index (χ0) is 30.5. The Kier molecular flexibility index (Phi) is 7.16. The van der Waals surface area contributed by atoms with Gasteiger partial charge in [0.05, 0.1) is 5.41 Å². The van der Waals surface area contributed by atoms with Crippen molar-refractivity contribution in [2.75, 3.05) is 0 Å². The minimum Gasteiger partial charge on any atom is -0.460 e. The maximum absolute atomic E-state index is 15.5. The zero-order valence-corrected chi connectivity index (χ0v) is 27.3. The highest BCUT2D eigenvalue weighted by molar-refractivity contribution is 6.30. The highest BCUT2D eigenvalue weighted by Gasteiger charge is 2.72. The quantitative estimate of drug-likeness (QED) is 0.257. The summed E-state index contributed by atoms with van der Waals surface area (Å²) in [6, 6.07) is 7.53. The molecule has 0 unspecified atom stereocenters. The molecule has 10 atom stereocenters. The van der Waals surface area contributed by atoms with E-state index in [1.165, 1.54) is 5.57 Å². The van der Waals surface area contributed by atoms with E-state index >= 15 is 4.39 Å². The lowest BCUT2D eigenvalue weighted by Crippen LogP contribution is -2.67. The summed E-state index contributed by atoms with van der Waals surface area (Å²) >= 11 is 6.08. The van der Waals surface area contributed by atoms with E-state index in [0.717, 1.165) is 56.9 Å². The van der Waals surface area contributed by atoms with Crippen molar-refractivity contribution in [3.8, 4) is 0 Å². The number of esters is 1. The number of halogens is 2. The normalized spacial score (nSPS) is 45.7. The second-order valence-corrected chi connectivity index (χ2v) is 16.7. The summed E-state index contributed by atoms with van der Waals surface area (Å²) in [5.74, 6) is 1.26. The van der Waals surface area contributed by atoms with Crippen molar-refractivity contribution < 1.29 is 18.7 Å². The summed E-state index contributed by atoms with van der Waals surface area (Å²) in [5, 5.41) is 0.674. The van der Waals surface area contributed by atoms with Gasteiger partial charge in [-0.3, -0.25) is 9.59 Å². The minimum absolute atomic E-state index is 0.0267. The predicted octanol–water partition coefficient (Wildman–Crippen LogP) is 9.56. The first-order chi connectivity index (χ1) is 19.6. The fourth-order valence-electron chi connectivity index (χ4n) is 12.3. The van der Waals surface area contributed by atoms with Gasteiger partial charge in [0.15, 0.2) is 12.0 Å². The van der Waals surface area contributed by atoms with Gasteiger partial charge in [-0.1, -0.05) is 70.5 Å². The molecule has 1 aromatic carbocycles. The smallest absolute Gasteiger partial charge is 0.312 e. The Morgan fingerprint density at radius 2 is 1.64 bits per heavy atom. The molecule has 0 radical (unpaired) electrons. The van der Waals surface area contributed by atoms with Crippen LogP contribution in [0.25, 0.3) is 0 Å². The molecular formula is C37H50ClFO3. The summed E-state index contributed by atoms with van der Waals surface area (Å²) in [6.45, 7) is 18.2. The molecule has 0 N–H and O–H groups in total. The number of hydrogen-bond acceptors (Lipinski definition) is 3. The predicted molar refractivity (Wildman–Crippen MR) is 166 cm³/mol. The molecule has 0 heterocycles. The van der Waals surface area contributed by atoms with Crippen molar-refractivity contribution in [1.82, 2.24) is 0 Å². The van der Waals surface area contributed by atoms with Crippen LogP contribution in [-0.2, 0) is 20.9 Å². The molecule has 0 bridgehead atoms. The number of Topliss-reactive ketones (excluding diaryl/α,β-unsaturated/α-hetero) is 1. The van der Waals surface area contributed by atoms with Crippen LogP contribution in [0.1, 0.15) is 105 Å². The largest absolute Gasteiger partial charge is 0.460 e. The molecule has 6 rings (SSSR count). The molecule has 230 valence electrons. The third-order valence-electron chi connectivity index (χ3n) is 14.4. The molecule has 0 saturated heterocycles. The lowest BCUT2D eigenvalue weighted by molar-refractivity contribution is -0.240. The van der Waals surface area contributed by atoms with E-state index in [4.69, 9.17) is 16.3 Å². The van der Waals surface area contributed by atoms with Gasteiger partial charge in [-0.2, -0.15) is 0 Å². The van der Waals surface area contributed by atoms with Crippen molar-refractivity contribution in [2.45, 2.75) is 112 Å². The molecule has 0 aromatic heterocycles. The lowest BCUT2D eigenvalue weighted by Gasteiger charge is -2.72. The average Bonchev–Trinajstić information content (AvgIpc) is 3.33. The number of ether oxygens (including phenoxy) is 1. The number of alkyl halides is 1. The van der Waals surface area contributed by atoms with E-state index in [2.05, 4.69) is 34.3 Å². The molecule has 1 aromatic rings. The van der Waals surface area contributed by atoms with Crippen molar-refractivity contribution >= 4 is 23.4 Å². The Morgan fingerprint density at radius 3 is 2.31 bits per heavy atom. The monoisotopic (exact) mass is 596 g/mol. The summed E-state index contributed by atoms with van der Waals surface area (Å²) in [4.78, 5) is 27.2. The molecule has 0 aliphatic heterocycles. The number of carbonyl (C=O) groups is 2. The van der Waals surface area contributed by atoms with Gasteiger partial charge in [-0.25, -0.2) is 4.39 Å². The van der Waals surface area contributed by atoms with Crippen LogP contribution in [0.3, 0.4) is 0 Å². The second kappa shape index (κ2) is 9.91. The summed E-state index contributed by atoms with van der Waals surface area (Å²) < 4.78 is 21.6. The first-order valence-corrected chi connectivity index (χ1v) is 16.7. The number of benzene rings is 1. The van der Waals surface area contributed by atoms with Gasteiger partial charge in [0.25, 0.3) is 0 Å². The van der Waals surface area contributed by atoms with Crippen LogP contribution in [0.4, 0.5) is 4.39 Å². The van der Waals surface area contributed by atoms with E-state index in [9.17, 15) is 9.59 Å². The Morgan fingerprint density at radius 1 is 0.952 bits per heavy atom. The van der Waals surface area contributed by atoms with Crippen LogP contribution < -0.4 is 0 Å². The Balaban J connectivity index is 1.33. The molecule has 5 fully saturated rings. The molecular weight excluding hydrogens is 547 g/mol. The third kappa shape index (κ3) is 4.01. The Labute approximate surface area is 257 Å². The van der Waals surface area contributed by atoms with Crippen LogP contribution >= 0.6 is 11.6 Å². The lowest BCUT2D eigenvalue weighted by atomic mass is 9.32. The molecule has 5 heteroatoms. The first kappa shape index (κ1) is 30.4. The summed E-state index contributed by atoms with van der Waals surface area (Å²) in [7, 11) is 0. The van der Waals surface area contributed by atoms with Crippen LogP contribution in [0.2, 0.25) is 5.02 Å². The van der Waals surface area contributed by atoms with E-state index in [1.54, 1.807) is 0 Å². The molecule has 5 saturated carbocycles. The number of allylic oxidation sites excluding steroid dienone is 1. The van der Waals surface area contributed by atoms with E-state index in [-0.39, 0.29) is 46.4 Å². The van der Waals surface area contributed by atoms with Gasteiger partial charge in [-0.15, -0.1) is 0 Å². The van der Waals surface area contributed by atoms with Gasteiger partial charge >= 0.3 is 5.97 Å². The standard InChI is InChI=1S/C37H50ClFO3/c1-22(2)25-14-17-37(32(41)42-21-23-8-10-24(38)11-9-23)19-18-35(6)26(30(25)37)12-13-29-34(5)20-27(39)31(40)33(3,4)28(34)15-16-36(29,35)7/h8-11,25-30H,1,12-21H2,2-7H3/t25-,26+,27-,28-,29+,30+,34-,35+,36+,37-/m0/s1. The van der Waals surface area contributed by atoms with Crippen molar-refractivity contribution in [2.24, 2.45) is 56.7 Å². The van der Waals surface area contributed by atoms with Gasteiger partial charge in [0, 0.05) is 10.4 Å². The number of carbonyl (C=O) groups excluding carboxylic acids is 2. The maximum Gasteiger partial charge on any atom is 0.312 e. The van der Waals surface area contributed by atoms with Gasteiger partial charge in [-0.05, 0) is 128 Å². The fourth-order valence-corrected chi connectivity index (χ4v) is 12.4. The van der Waals surface area contributed by atoms with Gasteiger partial charge < -0.3 is 4.74 Å². The number of ketones is 1. The number of fused-ring (bicyclic) bond motifs is 7. The van der Waals surface area contributed by atoms with Gasteiger partial charge in [0.1, 0.15) is 6.61 Å². The minimum atomic E-state index is -1.37. The Hall–Kier alpha value is -1.68. The number of rotatable bonds is 4. The summed E-state index contributed by atoms with van der Waals surface area (Å²) in [6.07, 6.45) is 6.79. The number of hydrogen-bond donors (Lipinski definition) is 0. The van der Waals surface area contributed by atoms with Crippen molar-refractivity contribution in [3.63, 3.8) is 0 Å². The molecule has 42 heavy (non-hydrogen) atoms. The SMILES string of the molecule is C=C(C)[C@@H]1CC[C@]2(C(=O)OCc3ccc(Cl)cc3)CC[C@]3(C)[C@H](CC[C@@H]4[C@@]5(C)C[C@H](F)C(=O)C(C)(C)[C@@H]5CC[C@]43C)[C@@H]12. The molecule has 0 amide bonds. The molecule has 5 aliphatic rings. The highest BCUT2D eigenvalue weighted by Crippen LogP contribution is 2.77. The molecule has 0 spiro atoms. The topological polar surface area (TPSA) is 43.4 Å². The van der Waals surface area contributed by atoms with E-state index < -0.39 is 17.0 Å². The van der Waals surface area contributed by atoms with E-state index in [0.29, 0.717) is 29.2 Å². The average molecular weight is 597 g/mol. The van der Waals surface area contributed by atoms with E-state index in [1.807, 2.05) is 38.1 Å².